The predicted octanol–water partition coefficient (Wildman–Crippen LogP) is 3.14. The van der Waals surface area contributed by atoms with Gasteiger partial charge in [0.1, 0.15) is 0 Å². The summed E-state index contributed by atoms with van der Waals surface area (Å²) in [5.41, 5.74) is 7.13. The van der Waals surface area contributed by atoms with Crippen LogP contribution in [0.4, 0.5) is 0 Å². The fraction of sp³-hybridized carbons (Fsp3) is 0.533. The molecule has 0 amide bonds. The minimum Gasteiger partial charge on any atom is -0.370 e. The topological polar surface area (TPSA) is 50.4 Å². The molecule has 3 nitrogen and oxygen atoms in total. The summed E-state index contributed by atoms with van der Waals surface area (Å²) in [7, 11) is 0. The summed E-state index contributed by atoms with van der Waals surface area (Å²) in [6.45, 7) is 10.2. The maximum absolute atomic E-state index is 5.85. The second kappa shape index (κ2) is 8.40. The van der Waals surface area contributed by atoms with Gasteiger partial charge in [-0.1, -0.05) is 58.0 Å². The predicted molar refractivity (Wildman–Crippen MR) is 94.2 cm³/mol. The first-order valence-electron chi connectivity index (χ1n) is 6.51. The van der Waals surface area contributed by atoms with Gasteiger partial charge in [-0.05, 0) is 11.5 Å². The molecule has 0 aliphatic rings. The van der Waals surface area contributed by atoms with Crippen LogP contribution in [-0.4, -0.2) is 19.0 Å². The number of rotatable bonds is 5. The number of nitrogens with two attached hydrogens (primary N) is 1. The number of nitrogens with one attached hydrogen (secondary N) is 1. The van der Waals surface area contributed by atoms with Gasteiger partial charge < -0.3 is 11.1 Å². The van der Waals surface area contributed by atoms with Gasteiger partial charge in [0.05, 0.1) is 6.54 Å². The minimum absolute atomic E-state index is 0. The van der Waals surface area contributed by atoms with E-state index in [0.717, 1.165) is 6.54 Å². The number of nitrogens with zero attached hydrogens (tertiary/aromatic N) is 1. The normalized spacial score (nSPS) is 12.2. The molecule has 3 N–H and O–H groups in total. The molecule has 0 aromatic heterocycles. The first kappa shape index (κ1) is 18.2. The average molecular weight is 375 g/mol. The molecule has 0 aliphatic heterocycles. The van der Waals surface area contributed by atoms with Crippen LogP contribution < -0.4 is 11.1 Å². The Bertz CT molecular complexity index is 386. The van der Waals surface area contributed by atoms with Gasteiger partial charge in [-0.3, -0.25) is 4.99 Å². The quantitative estimate of drug-likeness (QED) is 0.472. The fourth-order valence-electron chi connectivity index (χ4n) is 1.63. The standard InChI is InChI=1S/C15H25N3.HI/c1-12(2)10-17-14(16)18-11-15(3,4)13-8-6-5-7-9-13;/h5-9,12H,10-11H2,1-4H3,(H3,16,17,18);1H. The highest BCUT2D eigenvalue weighted by molar-refractivity contribution is 14.0. The van der Waals surface area contributed by atoms with Crippen molar-refractivity contribution in [1.29, 1.82) is 0 Å². The van der Waals surface area contributed by atoms with Crippen LogP contribution in [0, 0.1) is 5.92 Å². The number of hydrogen-bond acceptors (Lipinski definition) is 1. The Kier molecular flexibility index (Phi) is 8.06. The van der Waals surface area contributed by atoms with Gasteiger partial charge >= 0.3 is 0 Å². The van der Waals surface area contributed by atoms with Crippen LogP contribution >= 0.6 is 24.0 Å². The van der Waals surface area contributed by atoms with Crippen molar-refractivity contribution in [2.75, 3.05) is 13.1 Å². The summed E-state index contributed by atoms with van der Waals surface area (Å²) in [6.07, 6.45) is 0. The van der Waals surface area contributed by atoms with Gasteiger partial charge in [-0.25, -0.2) is 0 Å². The lowest BCUT2D eigenvalue weighted by Crippen LogP contribution is -2.35. The Morgan fingerprint density at radius 3 is 2.37 bits per heavy atom. The maximum atomic E-state index is 5.85. The van der Waals surface area contributed by atoms with Gasteiger partial charge in [0.15, 0.2) is 5.96 Å². The minimum atomic E-state index is 0. The summed E-state index contributed by atoms with van der Waals surface area (Å²) in [5.74, 6) is 1.11. The summed E-state index contributed by atoms with van der Waals surface area (Å²) >= 11 is 0. The van der Waals surface area contributed by atoms with Crippen molar-refractivity contribution in [3.8, 4) is 0 Å². The van der Waals surface area contributed by atoms with Crippen molar-refractivity contribution < 1.29 is 0 Å². The van der Waals surface area contributed by atoms with Gasteiger partial charge in [-0.2, -0.15) is 0 Å². The molecular formula is C15H26IN3. The van der Waals surface area contributed by atoms with E-state index in [-0.39, 0.29) is 29.4 Å². The second-order valence-corrected chi connectivity index (χ2v) is 5.73. The van der Waals surface area contributed by atoms with Crippen molar-refractivity contribution >= 4 is 29.9 Å². The zero-order valence-corrected chi connectivity index (χ0v) is 14.6. The molecule has 0 fully saturated rings. The third-order valence-electron chi connectivity index (χ3n) is 2.89. The highest BCUT2D eigenvalue weighted by Crippen LogP contribution is 2.22. The van der Waals surface area contributed by atoms with Crippen LogP contribution in [0.15, 0.2) is 35.3 Å². The molecule has 0 saturated carbocycles. The van der Waals surface area contributed by atoms with Gasteiger partial charge in [0.25, 0.3) is 0 Å². The lowest BCUT2D eigenvalue weighted by Gasteiger charge is -2.23. The molecule has 0 saturated heterocycles. The average Bonchev–Trinajstić information content (AvgIpc) is 2.35. The monoisotopic (exact) mass is 375 g/mol. The Morgan fingerprint density at radius 2 is 1.84 bits per heavy atom. The van der Waals surface area contributed by atoms with Crippen LogP contribution in [-0.2, 0) is 5.41 Å². The summed E-state index contributed by atoms with van der Waals surface area (Å²) in [6, 6.07) is 10.4. The molecule has 4 heteroatoms. The third-order valence-corrected chi connectivity index (χ3v) is 2.89. The van der Waals surface area contributed by atoms with Crippen molar-refractivity contribution in [3.05, 3.63) is 35.9 Å². The molecule has 0 radical (unpaired) electrons. The van der Waals surface area contributed by atoms with Crippen LogP contribution in [0.1, 0.15) is 33.3 Å². The molecule has 1 aromatic carbocycles. The molecule has 0 atom stereocenters. The maximum Gasteiger partial charge on any atom is 0.188 e. The van der Waals surface area contributed by atoms with Crippen LogP contribution in [0.25, 0.3) is 0 Å². The molecule has 0 bridgehead atoms. The Labute approximate surface area is 134 Å². The number of halogens is 1. The highest BCUT2D eigenvalue weighted by Gasteiger charge is 2.19. The molecule has 1 aromatic rings. The number of aliphatic imine (C=N–C) groups is 1. The first-order valence-corrected chi connectivity index (χ1v) is 6.51. The van der Waals surface area contributed by atoms with Crippen molar-refractivity contribution in [3.63, 3.8) is 0 Å². The molecule has 0 unspecified atom stereocenters. The van der Waals surface area contributed by atoms with E-state index in [9.17, 15) is 0 Å². The van der Waals surface area contributed by atoms with Crippen molar-refractivity contribution in [1.82, 2.24) is 5.32 Å². The van der Waals surface area contributed by atoms with Crippen molar-refractivity contribution in [2.45, 2.75) is 33.1 Å². The van der Waals surface area contributed by atoms with E-state index in [4.69, 9.17) is 5.73 Å². The fourth-order valence-corrected chi connectivity index (χ4v) is 1.63. The van der Waals surface area contributed by atoms with Crippen LogP contribution in [0.5, 0.6) is 0 Å². The Balaban J connectivity index is 0.00000324. The van der Waals surface area contributed by atoms with E-state index < -0.39 is 0 Å². The van der Waals surface area contributed by atoms with E-state index in [2.05, 4.69) is 62.3 Å². The van der Waals surface area contributed by atoms with Gasteiger partial charge in [-0.15, -0.1) is 24.0 Å². The van der Waals surface area contributed by atoms with E-state index in [1.807, 2.05) is 6.07 Å². The lowest BCUT2D eigenvalue weighted by atomic mass is 9.85. The first-order chi connectivity index (χ1) is 8.42. The molecule has 1 rings (SSSR count). The van der Waals surface area contributed by atoms with Gasteiger partial charge in [0, 0.05) is 12.0 Å². The third kappa shape index (κ3) is 6.80. The van der Waals surface area contributed by atoms with Crippen LogP contribution in [0.3, 0.4) is 0 Å². The second-order valence-electron chi connectivity index (χ2n) is 5.73. The van der Waals surface area contributed by atoms with Crippen LogP contribution in [0.2, 0.25) is 0 Å². The molecule has 0 heterocycles. The number of hydrogen-bond donors (Lipinski definition) is 2. The Hall–Kier alpha value is -0.780. The van der Waals surface area contributed by atoms with E-state index in [1.165, 1.54) is 5.56 Å². The molecule has 0 spiro atoms. The molecular weight excluding hydrogens is 349 g/mol. The highest BCUT2D eigenvalue weighted by atomic mass is 127. The Morgan fingerprint density at radius 1 is 1.26 bits per heavy atom. The summed E-state index contributed by atoms with van der Waals surface area (Å²) in [4.78, 5) is 4.43. The smallest absolute Gasteiger partial charge is 0.188 e. The summed E-state index contributed by atoms with van der Waals surface area (Å²) in [5, 5.41) is 3.13. The van der Waals surface area contributed by atoms with Gasteiger partial charge in [0.2, 0.25) is 0 Å². The lowest BCUT2D eigenvalue weighted by molar-refractivity contribution is 0.537. The van der Waals surface area contributed by atoms with E-state index >= 15 is 0 Å². The molecule has 108 valence electrons. The number of guanidine groups is 1. The molecule has 19 heavy (non-hydrogen) atoms. The van der Waals surface area contributed by atoms with Crippen molar-refractivity contribution in [2.24, 2.45) is 16.6 Å². The molecule has 0 aliphatic carbocycles. The zero-order valence-electron chi connectivity index (χ0n) is 12.3. The van der Waals surface area contributed by atoms with E-state index in [1.54, 1.807) is 0 Å². The summed E-state index contributed by atoms with van der Waals surface area (Å²) < 4.78 is 0. The number of benzene rings is 1. The van der Waals surface area contributed by atoms with E-state index in [0.29, 0.717) is 18.4 Å². The SMILES string of the molecule is CC(C)CNC(N)=NCC(C)(C)c1ccccc1.I. The zero-order chi connectivity index (χ0) is 13.6. The largest absolute Gasteiger partial charge is 0.370 e.